The molecule has 1 amide bonds. The monoisotopic (exact) mass is 242 g/mol. The summed E-state index contributed by atoms with van der Waals surface area (Å²) in [5.74, 6) is -2.13. The minimum absolute atomic E-state index is 0.0152. The van der Waals surface area contributed by atoms with E-state index in [1.54, 1.807) is 0 Å². The molecule has 0 saturated heterocycles. The van der Waals surface area contributed by atoms with Gasteiger partial charge >= 0.3 is 12.2 Å². The predicted molar refractivity (Wildman–Crippen MR) is 62.8 cm³/mol. The highest BCUT2D eigenvalue weighted by atomic mass is 16.4. The molecule has 0 heterocycles. The van der Waals surface area contributed by atoms with Crippen LogP contribution < -0.4 is 15.7 Å². The van der Waals surface area contributed by atoms with Crippen LogP contribution in [0.25, 0.3) is 0 Å². The molecule has 0 aromatic rings. The van der Waals surface area contributed by atoms with Crippen LogP contribution in [0.1, 0.15) is 19.8 Å². The minimum atomic E-state index is -1.21. The third kappa shape index (κ3) is 6.24. The number of hydrogen-bond donors (Lipinski definition) is 3. The van der Waals surface area contributed by atoms with E-state index in [1.807, 2.05) is 0 Å². The van der Waals surface area contributed by atoms with Gasteiger partial charge in [0, 0.05) is 6.42 Å². The summed E-state index contributed by atoms with van der Waals surface area (Å²) in [4.78, 5) is 33.1. The van der Waals surface area contributed by atoms with Crippen molar-refractivity contribution in [1.29, 1.82) is 0 Å². The molecule has 0 aliphatic carbocycles. The van der Waals surface area contributed by atoms with Crippen LogP contribution in [0, 0.1) is 0 Å². The minimum Gasteiger partial charge on any atom is -0.480 e. The molecule has 0 aromatic heterocycles. The van der Waals surface area contributed by atoms with Gasteiger partial charge in [-0.3, -0.25) is 9.59 Å². The second kappa shape index (κ2) is 7.32. The number of nitrogens with zero attached hydrogens (tertiary/aromatic N) is 1. The first-order valence-electron chi connectivity index (χ1n) is 4.99. The maximum absolute atomic E-state index is 11.2. The first-order valence-corrected chi connectivity index (χ1v) is 4.99. The smallest absolute Gasteiger partial charge is 0.334 e. The second-order valence-corrected chi connectivity index (χ2v) is 3.50. The Bertz CT molecular complexity index is 359. The summed E-state index contributed by atoms with van der Waals surface area (Å²) in [7, 11) is 0. The molecule has 0 aliphatic heterocycles. The molecule has 17 heavy (non-hydrogen) atoms. The number of carboxylic acid groups (broad SMARTS) is 1. The summed E-state index contributed by atoms with van der Waals surface area (Å²) in [6.45, 7) is 4.54. The van der Waals surface area contributed by atoms with Gasteiger partial charge in [0.25, 0.3) is 6.72 Å². The molecule has 94 valence electrons. The van der Waals surface area contributed by atoms with Gasteiger partial charge in [0.05, 0.1) is 6.04 Å². The molecule has 7 heteroatoms. The van der Waals surface area contributed by atoms with Crippen molar-refractivity contribution in [1.82, 2.24) is 9.98 Å². The molecule has 2 atom stereocenters. The fourth-order valence-electron chi connectivity index (χ4n) is 1.01. The SMILES string of the molecule is C=[N+]=CC(=O)CC[C@H](NC(=O)[C@H](C)N)C(=O)O. The summed E-state index contributed by atoms with van der Waals surface area (Å²) >= 11 is 0. The van der Waals surface area contributed by atoms with Gasteiger partial charge in [0.1, 0.15) is 6.04 Å². The van der Waals surface area contributed by atoms with E-state index in [4.69, 9.17) is 10.8 Å². The molecule has 0 radical (unpaired) electrons. The summed E-state index contributed by atoms with van der Waals surface area (Å²) < 4.78 is 3.27. The van der Waals surface area contributed by atoms with Crippen LogP contribution in [0.4, 0.5) is 0 Å². The Morgan fingerprint density at radius 2 is 2.12 bits per heavy atom. The Labute approximate surface area is 98.4 Å². The average Bonchev–Trinajstić information content (AvgIpc) is 2.23. The number of carboxylic acids is 1. The number of Topliss-reactive ketones (excluding diaryl/α,β-unsaturated/α-hetero) is 1. The highest BCUT2D eigenvalue weighted by Gasteiger charge is 2.22. The maximum atomic E-state index is 11.2. The zero-order valence-electron chi connectivity index (χ0n) is 9.55. The Kier molecular flexibility index (Phi) is 6.47. The van der Waals surface area contributed by atoms with Crippen molar-refractivity contribution in [3.63, 3.8) is 0 Å². The van der Waals surface area contributed by atoms with E-state index >= 15 is 0 Å². The largest absolute Gasteiger partial charge is 0.480 e. The Morgan fingerprint density at radius 1 is 1.53 bits per heavy atom. The van der Waals surface area contributed by atoms with Gasteiger partial charge in [0.15, 0.2) is 0 Å². The number of carbonyl (C=O) groups excluding carboxylic acids is 2. The van der Waals surface area contributed by atoms with Crippen LogP contribution in [-0.2, 0) is 14.4 Å². The fourth-order valence-corrected chi connectivity index (χ4v) is 1.01. The fraction of sp³-hybridized carbons (Fsp3) is 0.500. The number of carbonyl (C=O) groups is 3. The van der Waals surface area contributed by atoms with E-state index in [0.29, 0.717) is 0 Å². The van der Waals surface area contributed by atoms with E-state index in [0.717, 1.165) is 6.21 Å². The van der Waals surface area contributed by atoms with E-state index in [2.05, 4.69) is 16.7 Å². The topological polar surface area (TPSA) is 124 Å². The molecular formula is C10H16N3O4+. The van der Waals surface area contributed by atoms with Crippen molar-refractivity contribution in [2.75, 3.05) is 0 Å². The van der Waals surface area contributed by atoms with E-state index in [9.17, 15) is 14.4 Å². The summed E-state index contributed by atoms with van der Waals surface area (Å²) in [6.07, 6.45) is 0.958. The Hall–Kier alpha value is -1.98. The second-order valence-electron chi connectivity index (χ2n) is 3.50. The maximum Gasteiger partial charge on any atom is 0.334 e. The van der Waals surface area contributed by atoms with Crippen molar-refractivity contribution in [2.45, 2.75) is 31.8 Å². The first kappa shape index (κ1) is 15.0. The molecule has 0 spiro atoms. The Morgan fingerprint density at radius 3 is 2.53 bits per heavy atom. The molecule has 0 bridgehead atoms. The van der Waals surface area contributed by atoms with Gasteiger partial charge < -0.3 is 16.2 Å². The molecule has 0 fully saturated rings. The van der Waals surface area contributed by atoms with Gasteiger partial charge in [-0.25, -0.2) is 4.79 Å². The lowest BCUT2D eigenvalue weighted by molar-refractivity contribution is -0.142. The Balaban J connectivity index is 4.35. The normalized spacial score (nSPS) is 13.1. The number of amides is 1. The van der Waals surface area contributed by atoms with Crippen LogP contribution in [-0.4, -0.2) is 47.8 Å². The standard InChI is InChI=1S/C10H15N3O4/c1-6(11)9(15)13-8(10(16)17)4-3-7(14)5-12-2/h5-6,8H,2-4,11H2,1H3,(H-,13,15,16,17)/p+1/t6-,8-/m0/s1. The van der Waals surface area contributed by atoms with Gasteiger partial charge in [-0.15, -0.1) is 4.67 Å². The van der Waals surface area contributed by atoms with Crippen LogP contribution in [0.15, 0.2) is 0 Å². The van der Waals surface area contributed by atoms with E-state index in [1.165, 1.54) is 6.92 Å². The van der Waals surface area contributed by atoms with E-state index in [-0.39, 0.29) is 18.6 Å². The lowest BCUT2D eigenvalue weighted by Gasteiger charge is -2.14. The predicted octanol–water partition coefficient (Wildman–Crippen LogP) is -1.91. The first-order chi connectivity index (χ1) is 7.88. The lowest BCUT2D eigenvalue weighted by Crippen LogP contribution is -2.47. The number of hydrogen-bond acceptors (Lipinski definition) is 4. The molecular weight excluding hydrogens is 226 g/mol. The molecule has 0 rings (SSSR count). The number of rotatable bonds is 7. The third-order valence-electron chi connectivity index (χ3n) is 1.94. The number of nitrogens with two attached hydrogens (primary N) is 1. The van der Waals surface area contributed by atoms with Gasteiger partial charge in [-0.1, -0.05) is 0 Å². The molecule has 0 saturated carbocycles. The summed E-state index contributed by atoms with van der Waals surface area (Å²) in [5.41, 5.74) is 5.29. The zero-order chi connectivity index (χ0) is 13.4. The number of nitrogens with one attached hydrogen (secondary N) is 1. The van der Waals surface area contributed by atoms with E-state index < -0.39 is 24.0 Å². The summed E-state index contributed by atoms with van der Waals surface area (Å²) in [6, 6.07) is -1.93. The molecule has 4 N–H and O–H groups in total. The highest BCUT2D eigenvalue weighted by Crippen LogP contribution is 1.98. The molecule has 0 unspecified atom stereocenters. The quantitative estimate of drug-likeness (QED) is 0.355. The number of ketones is 1. The van der Waals surface area contributed by atoms with Gasteiger partial charge in [-0.2, -0.15) is 0 Å². The van der Waals surface area contributed by atoms with Gasteiger partial charge in [-0.05, 0) is 13.3 Å². The summed E-state index contributed by atoms with van der Waals surface area (Å²) in [5, 5.41) is 11.1. The average molecular weight is 242 g/mol. The molecule has 0 aliphatic rings. The highest BCUT2D eigenvalue weighted by molar-refractivity contribution is 6.27. The van der Waals surface area contributed by atoms with Crippen LogP contribution >= 0.6 is 0 Å². The van der Waals surface area contributed by atoms with Crippen molar-refractivity contribution in [3.8, 4) is 0 Å². The van der Waals surface area contributed by atoms with Crippen LogP contribution in [0.5, 0.6) is 0 Å². The van der Waals surface area contributed by atoms with Crippen molar-refractivity contribution in [3.05, 3.63) is 0 Å². The van der Waals surface area contributed by atoms with Crippen LogP contribution in [0.3, 0.4) is 0 Å². The third-order valence-corrected chi connectivity index (χ3v) is 1.94. The van der Waals surface area contributed by atoms with Crippen molar-refractivity contribution in [2.24, 2.45) is 5.73 Å². The van der Waals surface area contributed by atoms with Crippen molar-refractivity contribution < 1.29 is 19.5 Å². The molecule has 0 aromatic carbocycles. The lowest BCUT2D eigenvalue weighted by atomic mass is 10.1. The van der Waals surface area contributed by atoms with Gasteiger partial charge in [0.2, 0.25) is 11.7 Å². The molecule has 7 nitrogen and oxygen atoms in total. The zero-order valence-corrected chi connectivity index (χ0v) is 9.55. The van der Waals surface area contributed by atoms with Crippen LogP contribution in [0.2, 0.25) is 0 Å². The van der Waals surface area contributed by atoms with Crippen molar-refractivity contribution >= 4 is 30.6 Å². The number of aliphatic carboxylic acids is 1.